The Morgan fingerprint density at radius 1 is 1.21 bits per heavy atom. The Bertz CT molecular complexity index is 315. The van der Waals surface area contributed by atoms with E-state index in [1.807, 2.05) is 7.05 Å². The second-order valence-corrected chi connectivity index (χ2v) is 6.21. The van der Waals surface area contributed by atoms with Gasteiger partial charge in [-0.1, -0.05) is 19.2 Å². The Labute approximate surface area is 85.0 Å². The summed E-state index contributed by atoms with van der Waals surface area (Å²) in [5, 5.41) is 0. The van der Waals surface area contributed by atoms with Crippen molar-refractivity contribution < 1.29 is 8.78 Å². The summed E-state index contributed by atoms with van der Waals surface area (Å²) in [4.78, 5) is 0. The molecule has 0 aliphatic rings. The smallest absolute Gasteiger partial charge is 0.159 e. The van der Waals surface area contributed by atoms with Gasteiger partial charge in [-0.3, -0.25) is 0 Å². The van der Waals surface area contributed by atoms with Gasteiger partial charge in [-0.25, -0.2) is 8.78 Å². The first-order chi connectivity index (χ1) is 6.50. The van der Waals surface area contributed by atoms with Crippen LogP contribution in [0.25, 0.3) is 0 Å². The molecule has 1 nitrogen and oxygen atoms in total. The van der Waals surface area contributed by atoms with Gasteiger partial charge in [-0.05, 0) is 24.7 Å². The topological polar surface area (TPSA) is 3.24 Å². The zero-order valence-corrected chi connectivity index (χ0v) is 9.64. The zero-order valence-electron chi connectivity index (χ0n) is 8.64. The number of rotatable bonds is 3. The average molecular weight is 214 g/mol. The van der Waals surface area contributed by atoms with E-state index in [2.05, 4.69) is 17.7 Å². The maximum atomic E-state index is 12.8. The summed E-state index contributed by atoms with van der Waals surface area (Å²) in [5.41, 5.74) is 0.817. The van der Waals surface area contributed by atoms with Gasteiger partial charge in [0.1, 0.15) is 8.96 Å². The first-order valence-electron chi connectivity index (χ1n) is 4.46. The van der Waals surface area contributed by atoms with Crippen LogP contribution in [0, 0.1) is 11.6 Å². The highest BCUT2D eigenvalue weighted by Gasteiger charge is 2.08. The maximum absolute atomic E-state index is 12.8. The van der Waals surface area contributed by atoms with E-state index >= 15 is 0 Å². The monoisotopic (exact) mass is 214 g/mol. The third-order valence-electron chi connectivity index (χ3n) is 2.17. The zero-order chi connectivity index (χ0) is 10.7. The summed E-state index contributed by atoms with van der Waals surface area (Å²) in [6.45, 7) is 4.99. The predicted molar refractivity (Wildman–Crippen MR) is 55.3 cm³/mol. The van der Waals surface area contributed by atoms with Crippen molar-refractivity contribution in [1.82, 2.24) is 4.57 Å². The SMILES string of the molecule is CN(Cc1ccc(F)c(F)c1)[Si](C)C. The van der Waals surface area contributed by atoms with Crippen molar-refractivity contribution in [2.75, 3.05) is 7.05 Å². The summed E-state index contributed by atoms with van der Waals surface area (Å²) in [7, 11) is 1.48. The van der Waals surface area contributed by atoms with Crippen LogP contribution in [0.5, 0.6) is 0 Å². The Morgan fingerprint density at radius 2 is 1.86 bits per heavy atom. The number of nitrogens with zero attached hydrogens (tertiary/aromatic N) is 1. The molecule has 0 saturated heterocycles. The normalized spacial score (nSPS) is 11.4. The van der Waals surface area contributed by atoms with Gasteiger partial charge in [0.15, 0.2) is 11.6 Å². The van der Waals surface area contributed by atoms with Gasteiger partial charge in [-0.2, -0.15) is 0 Å². The molecule has 0 atom stereocenters. The fraction of sp³-hybridized carbons (Fsp3) is 0.400. The van der Waals surface area contributed by atoms with E-state index in [-0.39, 0.29) is 0 Å². The predicted octanol–water partition coefficient (Wildman–Crippen LogP) is 2.65. The number of hydrogen-bond acceptors (Lipinski definition) is 1. The van der Waals surface area contributed by atoms with Crippen LogP contribution < -0.4 is 0 Å². The molecule has 0 saturated carbocycles. The van der Waals surface area contributed by atoms with Gasteiger partial charge in [0.2, 0.25) is 0 Å². The molecule has 0 spiro atoms. The van der Waals surface area contributed by atoms with Crippen LogP contribution in [0.1, 0.15) is 5.56 Å². The van der Waals surface area contributed by atoms with Gasteiger partial charge in [-0.15, -0.1) is 0 Å². The van der Waals surface area contributed by atoms with E-state index in [1.54, 1.807) is 6.07 Å². The van der Waals surface area contributed by atoms with Gasteiger partial charge >= 0.3 is 0 Å². The molecule has 1 rings (SSSR count). The largest absolute Gasteiger partial charge is 0.323 e. The van der Waals surface area contributed by atoms with Gasteiger partial charge in [0.25, 0.3) is 0 Å². The van der Waals surface area contributed by atoms with Crippen LogP contribution in [0.3, 0.4) is 0 Å². The highest BCUT2D eigenvalue weighted by atomic mass is 28.3. The lowest BCUT2D eigenvalue weighted by molar-refractivity contribution is 0.493. The molecule has 0 bridgehead atoms. The number of hydrogen-bond donors (Lipinski definition) is 0. The second kappa shape index (κ2) is 4.66. The summed E-state index contributed by atoms with van der Waals surface area (Å²) in [6.07, 6.45) is 0. The Hall–Kier alpha value is -0.743. The summed E-state index contributed by atoms with van der Waals surface area (Å²) < 4.78 is 27.6. The molecule has 1 aromatic carbocycles. The van der Waals surface area contributed by atoms with Gasteiger partial charge in [0.05, 0.1) is 0 Å². The van der Waals surface area contributed by atoms with Crippen molar-refractivity contribution in [3.8, 4) is 0 Å². The number of halogens is 2. The summed E-state index contributed by atoms with van der Waals surface area (Å²) in [6, 6.07) is 4.06. The molecule has 0 amide bonds. The van der Waals surface area contributed by atoms with E-state index in [0.29, 0.717) is 6.54 Å². The van der Waals surface area contributed by atoms with E-state index in [9.17, 15) is 8.78 Å². The van der Waals surface area contributed by atoms with Crippen LogP contribution >= 0.6 is 0 Å². The van der Waals surface area contributed by atoms with E-state index in [0.717, 1.165) is 5.56 Å². The Morgan fingerprint density at radius 3 is 2.36 bits per heavy atom. The van der Waals surface area contributed by atoms with Gasteiger partial charge < -0.3 is 4.57 Å². The van der Waals surface area contributed by atoms with Crippen molar-refractivity contribution >= 4 is 8.96 Å². The van der Waals surface area contributed by atoms with Crippen molar-refractivity contribution in [2.24, 2.45) is 0 Å². The number of benzene rings is 1. The lowest BCUT2D eigenvalue weighted by atomic mass is 10.2. The molecular formula is C10H14F2NSi. The fourth-order valence-electron chi connectivity index (χ4n) is 1.07. The fourth-order valence-corrected chi connectivity index (χ4v) is 1.57. The third kappa shape index (κ3) is 2.89. The minimum absolute atomic E-state index is 0.515. The highest BCUT2D eigenvalue weighted by Crippen LogP contribution is 2.10. The molecule has 1 aromatic rings. The van der Waals surface area contributed by atoms with Crippen LogP contribution in [0.15, 0.2) is 18.2 Å². The quantitative estimate of drug-likeness (QED) is 0.699. The first kappa shape index (κ1) is 11.3. The van der Waals surface area contributed by atoms with E-state index in [1.165, 1.54) is 12.1 Å². The Kier molecular flexibility index (Phi) is 3.77. The van der Waals surface area contributed by atoms with E-state index < -0.39 is 20.6 Å². The molecule has 0 fully saturated rings. The Balaban J connectivity index is 2.73. The lowest BCUT2D eigenvalue weighted by Gasteiger charge is -2.19. The summed E-state index contributed by atoms with van der Waals surface area (Å²) >= 11 is 0. The van der Waals surface area contributed by atoms with Crippen molar-refractivity contribution in [2.45, 2.75) is 19.6 Å². The van der Waals surface area contributed by atoms with Crippen molar-refractivity contribution in [1.29, 1.82) is 0 Å². The molecule has 0 unspecified atom stereocenters. The molecule has 77 valence electrons. The highest BCUT2D eigenvalue weighted by molar-refractivity contribution is 6.52. The van der Waals surface area contributed by atoms with Crippen LogP contribution in [-0.2, 0) is 6.54 Å². The standard InChI is InChI=1S/C10H14F2NSi/c1-13(14(2)3)7-8-4-5-9(11)10(12)6-8/h4-6H,7H2,1-3H3. The first-order valence-corrected chi connectivity index (χ1v) is 6.90. The lowest BCUT2D eigenvalue weighted by Crippen LogP contribution is -2.29. The van der Waals surface area contributed by atoms with Crippen LogP contribution in [0.2, 0.25) is 13.1 Å². The average Bonchev–Trinajstić information content (AvgIpc) is 2.11. The molecule has 14 heavy (non-hydrogen) atoms. The molecule has 0 aliphatic carbocycles. The molecule has 1 radical (unpaired) electrons. The van der Waals surface area contributed by atoms with Crippen LogP contribution in [-0.4, -0.2) is 20.6 Å². The van der Waals surface area contributed by atoms with Crippen molar-refractivity contribution in [3.05, 3.63) is 35.4 Å². The molecule has 0 N–H and O–H groups in total. The maximum Gasteiger partial charge on any atom is 0.159 e. The molecular weight excluding hydrogens is 200 g/mol. The van der Waals surface area contributed by atoms with Gasteiger partial charge in [0, 0.05) is 6.54 Å². The molecule has 0 aliphatic heterocycles. The second-order valence-electron chi connectivity index (χ2n) is 3.55. The minimum Gasteiger partial charge on any atom is -0.323 e. The summed E-state index contributed by atoms with van der Waals surface area (Å²) in [5.74, 6) is -1.55. The molecule has 0 aromatic heterocycles. The molecule has 4 heteroatoms. The third-order valence-corrected chi connectivity index (χ3v) is 3.85. The van der Waals surface area contributed by atoms with Crippen LogP contribution in [0.4, 0.5) is 8.78 Å². The minimum atomic E-state index is -0.782. The van der Waals surface area contributed by atoms with Crippen molar-refractivity contribution in [3.63, 3.8) is 0 Å². The van der Waals surface area contributed by atoms with E-state index in [4.69, 9.17) is 0 Å². The molecule has 0 heterocycles.